The van der Waals surface area contributed by atoms with E-state index in [4.69, 9.17) is 0 Å². The number of carbonyl (C=O) groups is 1. The maximum Gasteiger partial charge on any atom is 0.260 e. The predicted octanol–water partition coefficient (Wildman–Crippen LogP) is 1.87. The summed E-state index contributed by atoms with van der Waals surface area (Å²) in [6, 6.07) is 3.32. The molecule has 0 aromatic carbocycles. The lowest BCUT2D eigenvalue weighted by atomic mass is 9.78. The minimum Gasteiger partial charge on any atom is -0.338 e. The molecule has 0 unspecified atom stereocenters. The number of aromatic amines is 1. The van der Waals surface area contributed by atoms with Gasteiger partial charge < -0.3 is 14.5 Å². The number of aryl methyl sites for hydroxylation is 1. The van der Waals surface area contributed by atoms with E-state index in [-0.39, 0.29) is 17.0 Å². The second kappa shape index (κ2) is 8.31. The number of nitrogens with zero attached hydrogens (tertiary/aromatic N) is 4. The van der Waals surface area contributed by atoms with E-state index in [1.165, 1.54) is 12.8 Å². The van der Waals surface area contributed by atoms with E-state index in [0.717, 1.165) is 57.3 Å². The zero-order valence-electron chi connectivity index (χ0n) is 16.5. The third-order valence-corrected chi connectivity index (χ3v) is 6.46. The number of imidazole rings is 1. The first-order chi connectivity index (χ1) is 13.6. The molecule has 0 spiro atoms. The fraction of sp³-hybridized carbons (Fsp3) is 0.571. The third kappa shape index (κ3) is 4.04. The van der Waals surface area contributed by atoms with Gasteiger partial charge in [-0.1, -0.05) is 0 Å². The minimum atomic E-state index is -0.297. The van der Waals surface area contributed by atoms with Crippen LogP contribution in [0.1, 0.15) is 41.9 Å². The summed E-state index contributed by atoms with van der Waals surface area (Å²) >= 11 is 0. The van der Waals surface area contributed by atoms with Crippen molar-refractivity contribution in [1.29, 1.82) is 0 Å². The normalized spacial score (nSPS) is 19.8. The van der Waals surface area contributed by atoms with Crippen molar-refractivity contribution in [1.82, 2.24) is 24.3 Å². The number of hydrogen-bond donors (Lipinski definition) is 1. The molecule has 150 valence electrons. The lowest BCUT2D eigenvalue weighted by Gasteiger charge is -2.40. The van der Waals surface area contributed by atoms with Gasteiger partial charge >= 0.3 is 0 Å². The van der Waals surface area contributed by atoms with Crippen LogP contribution < -0.4 is 5.56 Å². The Morgan fingerprint density at radius 3 is 2.43 bits per heavy atom. The van der Waals surface area contributed by atoms with Gasteiger partial charge in [-0.2, -0.15) is 0 Å². The second-order valence-electron chi connectivity index (χ2n) is 8.11. The van der Waals surface area contributed by atoms with Crippen LogP contribution >= 0.6 is 0 Å². The van der Waals surface area contributed by atoms with Crippen molar-refractivity contribution in [3.63, 3.8) is 0 Å². The average molecular weight is 383 g/mol. The molecule has 1 N–H and O–H groups in total. The molecule has 2 aliphatic heterocycles. The van der Waals surface area contributed by atoms with Gasteiger partial charge in [0.15, 0.2) is 0 Å². The standard InChI is InChI=1S/C21H29N5O2/c1-24-14-9-22-19(24)15-25-10-4-16(5-11-25)17-6-12-26(13-7-17)21(28)18-3-2-8-23-20(18)27/h2-3,8-9,14,16-17H,4-7,10-13,15H2,1H3,(H,23,27). The molecule has 0 saturated carbocycles. The number of pyridine rings is 1. The van der Waals surface area contributed by atoms with Gasteiger partial charge in [-0.05, 0) is 62.7 Å². The van der Waals surface area contributed by atoms with Crippen LogP contribution in [0.4, 0.5) is 0 Å². The highest BCUT2D eigenvalue weighted by atomic mass is 16.2. The first-order valence-electron chi connectivity index (χ1n) is 10.3. The number of aromatic nitrogens is 3. The Bertz CT molecular complexity index is 857. The smallest absolute Gasteiger partial charge is 0.260 e. The molecule has 0 aliphatic carbocycles. The van der Waals surface area contributed by atoms with Gasteiger partial charge in [-0.15, -0.1) is 0 Å². The van der Waals surface area contributed by atoms with Gasteiger partial charge in [0.25, 0.3) is 11.5 Å². The van der Waals surface area contributed by atoms with E-state index in [1.807, 2.05) is 24.3 Å². The van der Waals surface area contributed by atoms with Crippen molar-refractivity contribution in [2.75, 3.05) is 26.2 Å². The Kier molecular flexibility index (Phi) is 5.62. The second-order valence-corrected chi connectivity index (χ2v) is 8.11. The van der Waals surface area contributed by atoms with Crippen molar-refractivity contribution in [2.24, 2.45) is 18.9 Å². The van der Waals surface area contributed by atoms with Gasteiger partial charge in [0.1, 0.15) is 11.4 Å². The Morgan fingerprint density at radius 1 is 1.14 bits per heavy atom. The van der Waals surface area contributed by atoms with Crippen LogP contribution in [-0.2, 0) is 13.6 Å². The van der Waals surface area contributed by atoms with Crippen LogP contribution in [0.15, 0.2) is 35.5 Å². The maximum absolute atomic E-state index is 12.6. The lowest BCUT2D eigenvalue weighted by molar-refractivity contribution is 0.0595. The number of likely N-dealkylation sites (tertiary alicyclic amines) is 2. The number of carbonyl (C=O) groups excluding carboxylic acids is 1. The van der Waals surface area contributed by atoms with Crippen molar-refractivity contribution < 1.29 is 4.79 Å². The van der Waals surface area contributed by atoms with Crippen molar-refractivity contribution in [3.8, 4) is 0 Å². The van der Waals surface area contributed by atoms with Gasteiger partial charge in [-0.3, -0.25) is 14.5 Å². The molecule has 0 bridgehead atoms. The number of piperidine rings is 2. The summed E-state index contributed by atoms with van der Waals surface area (Å²) < 4.78 is 2.09. The van der Waals surface area contributed by atoms with Crippen LogP contribution in [0.2, 0.25) is 0 Å². The summed E-state index contributed by atoms with van der Waals surface area (Å²) in [6.45, 7) is 4.68. The minimum absolute atomic E-state index is 0.134. The summed E-state index contributed by atoms with van der Waals surface area (Å²) in [6.07, 6.45) is 9.95. The summed E-state index contributed by atoms with van der Waals surface area (Å²) in [5.74, 6) is 2.43. The van der Waals surface area contributed by atoms with Gasteiger partial charge in [0, 0.05) is 38.7 Å². The number of rotatable bonds is 4. The number of H-pyrrole nitrogens is 1. The molecule has 2 saturated heterocycles. The number of nitrogens with one attached hydrogen (secondary N) is 1. The molecule has 2 aromatic rings. The molecule has 2 aromatic heterocycles. The van der Waals surface area contributed by atoms with Crippen LogP contribution in [0.5, 0.6) is 0 Å². The molecule has 7 heteroatoms. The summed E-state index contributed by atoms with van der Waals surface area (Å²) in [5, 5.41) is 0. The largest absolute Gasteiger partial charge is 0.338 e. The molecule has 7 nitrogen and oxygen atoms in total. The molecule has 2 fully saturated rings. The molecule has 4 heterocycles. The predicted molar refractivity (Wildman–Crippen MR) is 107 cm³/mol. The fourth-order valence-electron chi connectivity index (χ4n) is 4.67. The van der Waals surface area contributed by atoms with Gasteiger partial charge in [0.05, 0.1) is 6.54 Å². The summed E-state index contributed by atoms with van der Waals surface area (Å²) in [4.78, 5) is 35.9. The number of amides is 1. The highest BCUT2D eigenvalue weighted by Gasteiger charge is 2.31. The molecular weight excluding hydrogens is 354 g/mol. The zero-order valence-corrected chi connectivity index (χ0v) is 16.5. The molecule has 0 atom stereocenters. The summed E-state index contributed by atoms with van der Waals surface area (Å²) in [5.41, 5.74) is -0.0433. The number of hydrogen-bond acceptors (Lipinski definition) is 4. The highest BCUT2D eigenvalue weighted by molar-refractivity contribution is 5.93. The van der Waals surface area contributed by atoms with Crippen molar-refractivity contribution >= 4 is 5.91 Å². The van der Waals surface area contributed by atoms with E-state index in [0.29, 0.717) is 5.92 Å². The van der Waals surface area contributed by atoms with Crippen LogP contribution in [0, 0.1) is 11.8 Å². The topological polar surface area (TPSA) is 74.2 Å². The Balaban J connectivity index is 1.26. The van der Waals surface area contributed by atoms with Crippen molar-refractivity contribution in [2.45, 2.75) is 32.2 Å². The van der Waals surface area contributed by atoms with E-state index < -0.39 is 0 Å². The molecule has 0 radical (unpaired) electrons. The Labute approximate surface area is 165 Å². The molecule has 4 rings (SSSR count). The molecule has 28 heavy (non-hydrogen) atoms. The molecular formula is C21H29N5O2. The van der Waals surface area contributed by atoms with E-state index in [2.05, 4.69) is 19.4 Å². The monoisotopic (exact) mass is 383 g/mol. The fourth-order valence-corrected chi connectivity index (χ4v) is 4.67. The van der Waals surface area contributed by atoms with Gasteiger partial charge in [-0.25, -0.2) is 4.98 Å². The highest BCUT2D eigenvalue weighted by Crippen LogP contribution is 2.33. The van der Waals surface area contributed by atoms with Crippen LogP contribution in [0.25, 0.3) is 0 Å². The van der Waals surface area contributed by atoms with Crippen LogP contribution in [0.3, 0.4) is 0 Å². The van der Waals surface area contributed by atoms with E-state index >= 15 is 0 Å². The Morgan fingerprint density at radius 2 is 1.82 bits per heavy atom. The van der Waals surface area contributed by atoms with E-state index in [1.54, 1.807) is 18.3 Å². The van der Waals surface area contributed by atoms with Crippen LogP contribution in [-0.4, -0.2) is 56.4 Å². The quantitative estimate of drug-likeness (QED) is 0.875. The lowest BCUT2D eigenvalue weighted by Crippen LogP contribution is -2.43. The molecule has 2 aliphatic rings. The zero-order chi connectivity index (χ0) is 19.5. The SMILES string of the molecule is Cn1ccnc1CN1CCC(C2CCN(C(=O)c3ccc[nH]c3=O)CC2)CC1. The Hall–Kier alpha value is -2.41. The van der Waals surface area contributed by atoms with Gasteiger partial charge in [0.2, 0.25) is 0 Å². The van der Waals surface area contributed by atoms with E-state index in [9.17, 15) is 9.59 Å². The third-order valence-electron chi connectivity index (χ3n) is 6.46. The summed E-state index contributed by atoms with van der Waals surface area (Å²) in [7, 11) is 2.05. The molecule has 1 amide bonds. The first kappa shape index (κ1) is 18.9. The maximum atomic E-state index is 12.6. The first-order valence-corrected chi connectivity index (χ1v) is 10.3. The van der Waals surface area contributed by atoms with Crippen molar-refractivity contribution in [3.05, 3.63) is 52.5 Å². The average Bonchev–Trinajstić information content (AvgIpc) is 3.13.